The molecule has 0 bridgehead atoms. The monoisotopic (exact) mass is 397 g/mol. The Morgan fingerprint density at radius 2 is 2.19 bits per heavy atom. The first-order chi connectivity index (χ1) is 13.1. The summed E-state index contributed by atoms with van der Waals surface area (Å²) in [6, 6.07) is 7.40. The molecule has 0 fully saturated rings. The Morgan fingerprint density at radius 3 is 2.93 bits per heavy atom. The van der Waals surface area contributed by atoms with E-state index in [1.54, 1.807) is 35.4 Å². The molecular formula is C19H16ClN5OS. The number of amides is 1. The number of hydrogen-bond donors (Lipinski definition) is 1. The summed E-state index contributed by atoms with van der Waals surface area (Å²) in [5.74, 6) is 0.263. The number of benzene rings is 1. The van der Waals surface area contributed by atoms with Gasteiger partial charge >= 0.3 is 0 Å². The molecule has 0 spiro atoms. The zero-order valence-corrected chi connectivity index (χ0v) is 16.1. The molecule has 0 unspecified atom stereocenters. The van der Waals surface area contributed by atoms with E-state index >= 15 is 0 Å². The van der Waals surface area contributed by atoms with Crippen LogP contribution >= 0.6 is 22.9 Å². The molecule has 0 radical (unpaired) electrons. The number of anilines is 1. The van der Waals surface area contributed by atoms with Crippen LogP contribution in [0.1, 0.15) is 39.7 Å². The fraction of sp³-hybridized carbons (Fsp3) is 0.263. The summed E-state index contributed by atoms with van der Waals surface area (Å²) in [5, 5.41) is 21.0. The summed E-state index contributed by atoms with van der Waals surface area (Å²) in [4.78, 5) is 14.1. The molecule has 0 aliphatic heterocycles. The van der Waals surface area contributed by atoms with Crippen molar-refractivity contribution >= 4 is 33.8 Å². The fourth-order valence-electron chi connectivity index (χ4n) is 3.31. The predicted octanol–water partition coefficient (Wildman–Crippen LogP) is 4.23. The van der Waals surface area contributed by atoms with Crippen molar-refractivity contribution < 1.29 is 4.79 Å². The molecule has 2 heterocycles. The maximum atomic E-state index is 12.9. The van der Waals surface area contributed by atoms with Crippen LogP contribution in [0.15, 0.2) is 30.9 Å². The number of carbonyl (C=O) groups excluding carboxylic acids is 1. The summed E-state index contributed by atoms with van der Waals surface area (Å²) in [6.45, 7) is 2.21. The lowest BCUT2D eigenvalue weighted by atomic mass is 9.88. The van der Waals surface area contributed by atoms with Crippen LogP contribution in [0.3, 0.4) is 0 Å². The van der Waals surface area contributed by atoms with Crippen LogP contribution < -0.4 is 5.32 Å². The van der Waals surface area contributed by atoms with Crippen LogP contribution in [0, 0.1) is 17.2 Å². The Bertz CT molecular complexity index is 1050. The lowest BCUT2D eigenvalue weighted by Crippen LogP contribution is -2.13. The summed E-state index contributed by atoms with van der Waals surface area (Å²) in [7, 11) is 0. The minimum absolute atomic E-state index is 0.335. The van der Waals surface area contributed by atoms with Gasteiger partial charge in [0.1, 0.15) is 23.7 Å². The topological polar surface area (TPSA) is 83.6 Å². The minimum atomic E-state index is -0.335. The average Bonchev–Trinajstić information content (AvgIpc) is 3.29. The van der Waals surface area contributed by atoms with Gasteiger partial charge in [-0.15, -0.1) is 21.5 Å². The van der Waals surface area contributed by atoms with Crippen molar-refractivity contribution in [3.8, 4) is 11.8 Å². The van der Waals surface area contributed by atoms with E-state index in [0.29, 0.717) is 27.1 Å². The van der Waals surface area contributed by atoms with Gasteiger partial charge in [0.15, 0.2) is 0 Å². The molecule has 0 saturated heterocycles. The summed E-state index contributed by atoms with van der Waals surface area (Å²) in [6.07, 6.45) is 6.00. The molecule has 136 valence electrons. The highest BCUT2D eigenvalue weighted by Gasteiger charge is 2.25. The van der Waals surface area contributed by atoms with Crippen molar-refractivity contribution in [1.82, 2.24) is 14.8 Å². The van der Waals surface area contributed by atoms with Gasteiger partial charge in [0.2, 0.25) is 0 Å². The Hall–Kier alpha value is -2.69. The van der Waals surface area contributed by atoms with Crippen molar-refractivity contribution in [2.45, 2.75) is 26.2 Å². The van der Waals surface area contributed by atoms with E-state index in [1.165, 1.54) is 16.2 Å². The number of halogens is 1. The lowest BCUT2D eigenvalue weighted by Gasteiger charge is -2.17. The van der Waals surface area contributed by atoms with Gasteiger partial charge in [-0.3, -0.25) is 9.36 Å². The molecular weight excluding hydrogens is 382 g/mol. The highest BCUT2D eigenvalue weighted by atomic mass is 35.5. The smallest absolute Gasteiger partial charge is 0.257 e. The first-order valence-corrected chi connectivity index (χ1v) is 9.76. The molecule has 2 aromatic heterocycles. The fourth-order valence-corrected chi connectivity index (χ4v) is 4.87. The standard InChI is InChI=1S/C19H16ClN5OS/c1-11-2-4-13-15(8-21)19(27-17(13)6-11)24-18(26)14-7-12(3-5-16(14)20)25-9-22-23-10-25/h3,5,7,9-11H,2,4,6H2,1H3,(H,24,26)/t11-/m0/s1. The average molecular weight is 398 g/mol. The third kappa shape index (κ3) is 3.34. The quantitative estimate of drug-likeness (QED) is 0.716. The summed E-state index contributed by atoms with van der Waals surface area (Å²) < 4.78 is 1.69. The highest BCUT2D eigenvalue weighted by Crippen LogP contribution is 2.39. The van der Waals surface area contributed by atoms with Gasteiger partial charge in [0, 0.05) is 10.6 Å². The SMILES string of the molecule is C[C@H]1CCc2c(sc(NC(=O)c3cc(-n4cnnc4)ccc3Cl)c2C#N)C1. The van der Waals surface area contributed by atoms with Crippen LogP contribution in [0.5, 0.6) is 0 Å². The second kappa shape index (κ2) is 7.14. The molecule has 1 aliphatic rings. The van der Waals surface area contributed by atoms with Crippen molar-refractivity contribution in [1.29, 1.82) is 5.26 Å². The third-order valence-electron chi connectivity index (χ3n) is 4.76. The number of aromatic nitrogens is 3. The number of nitrogens with zero attached hydrogens (tertiary/aromatic N) is 4. The zero-order chi connectivity index (χ0) is 19.0. The number of rotatable bonds is 3. The van der Waals surface area contributed by atoms with Gasteiger partial charge in [-0.05, 0) is 48.9 Å². The molecule has 3 aromatic rings. The second-order valence-electron chi connectivity index (χ2n) is 6.66. The Labute approximate surface area is 165 Å². The number of fused-ring (bicyclic) bond motifs is 1. The third-order valence-corrected chi connectivity index (χ3v) is 6.26. The molecule has 1 N–H and O–H groups in total. The van der Waals surface area contributed by atoms with Gasteiger partial charge in [-0.1, -0.05) is 18.5 Å². The van der Waals surface area contributed by atoms with Crippen molar-refractivity contribution in [2.24, 2.45) is 5.92 Å². The van der Waals surface area contributed by atoms with E-state index in [1.807, 2.05) is 0 Å². The van der Waals surface area contributed by atoms with Gasteiger partial charge in [0.25, 0.3) is 5.91 Å². The second-order valence-corrected chi connectivity index (χ2v) is 8.17. The van der Waals surface area contributed by atoms with Crippen LogP contribution in [0.4, 0.5) is 5.00 Å². The number of thiophene rings is 1. The molecule has 8 heteroatoms. The van der Waals surface area contributed by atoms with Crippen molar-refractivity contribution in [2.75, 3.05) is 5.32 Å². The molecule has 1 aromatic carbocycles. The molecule has 1 aliphatic carbocycles. The van der Waals surface area contributed by atoms with Gasteiger partial charge in [-0.25, -0.2) is 0 Å². The molecule has 0 saturated carbocycles. The summed E-state index contributed by atoms with van der Waals surface area (Å²) in [5.41, 5.74) is 2.74. The van der Waals surface area contributed by atoms with Crippen LogP contribution in [-0.2, 0) is 12.8 Å². The van der Waals surface area contributed by atoms with E-state index in [9.17, 15) is 10.1 Å². The first-order valence-electron chi connectivity index (χ1n) is 8.57. The van der Waals surface area contributed by atoms with E-state index in [-0.39, 0.29) is 5.91 Å². The Morgan fingerprint density at radius 1 is 1.41 bits per heavy atom. The molecule has 4 rings (SSSR count). The largest absolute Gasteiger partial charge is 0.312 e. The van der Waals surface area contributed by atoms with Crippen molar-refractivity contribution in [3.05, 3.63) is 57.4 Å². The lowest BCUT2D eigenvalue weighted by molar-refractivity contribution is 0.102. The first kappa shape index (κ1) is 17.7. The van der Waals surface area contributed by atoms with Crippen LogP contribution in [0.25, 0.3) is 5.69 Å². The van der Waals surface area contributed by atoms with Crippen LogP contribution in [-0.4, -0.2) is 20.7 Å². The van der Waals surface area contributed by atoms with Crippen molar-refractivity contribution in [3.63, 3.8) is 0 Å². The predicted molar refractivity (Wildman–Crippen MR) is 105 cm³/mol. The van der Waals surface area contributed by atoms with E-state index in [2.05, 4.69) is 28.5 Å². The van der Waals surface area contributed by atoms with E-state index in [4.69, 9.17) is 11.6 Å². The van der Waals surface area contributed by atoms with Gasteiger partial charge in [0.05, 0.1) is 16.1 Å². The Kier molecular flexibility index (Phi) is 4.68. The molecule has 6 nitrogen and oxygen atoms in total. The maximum Gasteiger partial charge on any atom is 0.257 e. The van der Waals surface area contributed by atoms with Crippen LogP contribution in [0.2, 0.25) is 5.02 Å². The number of nitrogens with one attached hydrogen (secondary N) is 1. The number of carbonyl (C=O) groups is 1. The minimum Gasteiger partial charge on any atom is -0.312 e. The summed E-state index contributed by atoms with van der Waals surface area (Å²) >= 11 is 7.75. The molecule has 27 heavy (non-hydrogen) atoms. The van der Waals surface area contributed by atoms with Gasteiger partial charge in [-0.2, -0.15) is 5.26 Å². The number of nitriles is 1. The van der Waals surface area contributed by atoms with E-state index < -0.39 is 0 Å². The normalized spacial score (nSPS) is 15.8. The highest BCUT2D eigenvalue weighted by molar-refractivity contribution is 7.16. The Balaban J connectivity index is 1.66. The zero-order valence-electron chi connectivity index (χ0n) is 14.6. The van der Waals surface area contributed by atoms with E-state index in [0.717, 1.165) is 30.5 Å². The van der Waals surface area contributed by atoms with Gasteiger partial charge < -0.3 is 5.32 Å². The maximum absolute atomic E-state index is 12.9. The molecule has 1 amide bonds. The number of hydrogen-bond acceptors (Lipinski definition) is 5. The molecule has 1 atom stereocenters.